The minimum Gasteiger partial charge on any atom is -0.493 e. The average molecular weight is 535 g/mol. The van der Waals surface area contributed by atoms with Crippen molar-refractivity contribution in [2.24, 2.45) is 4.99 Å². The van der Waals surface area contributed by atoms with Gasteiger partial charge in [-0.3, -0.25) is 4.90 Å². The van der Waals surface area contributed by atoms with Crippen molar-refractivity contribution in [3.05, 3.63) is 17.7 Å². The van der Waals surface area contributed by atoms with E-state index in [2.05, 4.69) is 41.3 Å². The third-order valence-electron chi connectivity index (χ3n) is 5.21. The van der Waals surface area contributed by atoms with Gasteiger partial charge in [0.2, 0.25) is 5.75 Å². The Hall–Kier alpha value is -1.46. The fourth-order valence-electron chi connectivity index (χ4n) is 3.37. The van der Waals surface area contributed by atoms with Gasteiger partial charge in [0, 0.05) is 45.3 Å². The summed E-state index contributed by atoms with van der Waals surface area (Å²) in [7, 11) is 7.03. The molecule has 1 unspecified atom stereocenters. The first-order chi connectivity index (χ1) is 14.0. The lowest BCUT2D eigenvalue weighted by Gasteiger charge is -2.36. The normalized spacial score (nSPS) is 16.4. The zero-order chi connectivity index (χ0) is 21.2. The van der Waals surface area contributed by atoms with Crippen LogP contribution in [0.25, 0.3) is 0 Å². The van der Waals surface area contributed by atoms with Crippen molar-refractivity contribution in [3.63, 3.8) is 0 Å². The minimum absolute atomic E-state index is 0. The Morgan fingerprint density at radius 1 is 1.03 bits per heavy atom. The lowest BCUT2D eigenvalue weighted by Crippen LogP contribution is -2.52. The number of ether oxygens (including phenoxy) is 3. The molecule has 0 saturated carbocycles. The molecule has 0 bridgehead atoms. The molecule has 172 valence electrons. The van der Waals surface area contributed by atoms with Gasteiger partial charge < -0.3 is 29.7 Å². The summed E-state index contributed by atoms with van der Waals surface area (Å²) in [5.41, 5.74) is 0.990. The number of hydrogen-bond acceptors (Lipinski definition) is 6. The first kappa shape index (κ1) is 26.6. The van der Waals surface area contributed by atoms with Gasteiger partial charge in [0.15, 0.2) is 17.5 Å². The molecule has 0 aliphatic carbocycles. The van der Waals surface area contributed by atoms with Crippen LogP contribution in [0, 0.1) is 0 Å². The molecule has 2 N–H and O–H groups in total. The highest BCUT2D eigenvalue weighted by Gasteiger charge is 2.19. The van der Waals surface area contributed by atoms with Gasteiger partial charge in [-0.25, -0.2) is 4.99 Å². The smallest absolute Gasteiger partial charge is 0.203 e. The van der Waals surface area contributed by atoms with Crippen LogP contribution in [0.15, 0.2) is 17.1 Å². The van der Waals surface area contributed by atoms with Crippen molar-refractivity contribution in [1.29, 1.82) is 0 Å². The number of methoxy groups -OCH3 is 3. The Kier molecular flexibility index (Phi) is 12.2. The average Bonchev–Trinajstić information content (AvgIpc) is 2.74. The van der Waals surface area contributed by atoms with E-state index in [1.807, 2.05) is 12.1 Å². The maximum absolute atomic E-state index is 5.43. The summed E-state index contributed by atoms with van der Waals surface area (Å²) in [5, 5.41) is 6.80. The first-order valence-electron chi connectivity index (χ1n) is 10.3. The lowest BCUT2D eigenvalue weighted by molar-refractivity contribution is 0.120. The quantitative estimate of drug-likeness (QED) is 0.285. The monoisotopic (exact) mass is 535 g/mol. The Morgan fingerprint density at radius 3 is 2.13 bits per heavy atom. The molecule has 0 aromatic heterocycles. The number of benzene rings is 1. The Bertz CT molecular complexity index is 641. The first-order valence-corrected chi connectivity index (χ1v) is 10.3. The summed E-state index contributed by atoms with van der Waals surface area (Å²) >= 11 is 0. The van der Waals surface area contributed by atoms with Gasteiger partial charge in [0.1, 0.15) is 0 Å². The van der Waals surface area contributed by atoms with Gasteiger partial charge in [-0.2, -0.15) is 0 Å². The van der Waals surface area contributed by atoms with E-state index in [-0.39, 0.29) is 24.0 Å². The highest BCUT2D eigenvalue weighted by molar-refractivity contribution is 14.0. The van der Waals surface area contributed by atoms with Crippen LogP contribution < -0.4 is 24.8 Å². The second-order valence-corrected chi connectivity index (χ2v) is 7.30. The van der Waals surface area contributed by atoms with Crippen LogP contribution in [-0.2, 0) is 6.54 Å². The van der Waals surface area contributed by atoms with Crippen LogP contribution in [0.3, 0.4) is 0 Å². The van der Waals surface area contributed by atoms with E-state index < -0.39 is 0 Å². The molecule has 8 nitrogen and oxygen atoms in total. The number of halogens is 1. The molecule has 2 rings (SSSR count). The van der Waals surface area contributed by atoms with E-state index in [9.17, 15) is 0 Å². The van der Waals surface area contributed by atoms with E-state index in [0.717, 1.165) is 50.8 Å². The third kappa shape index (κ3) is 7.66. The molecule has 9 heteroatoms. The molecule has 1 aromatic carbocycles. The maximum Gasteiger partial charge on any atom is 0.203 e. The Morgan fingerprint density at radius 2 is 1.63 bits per heavy atom. The summed E-state index contributed by atoms with van der Waals surface area (Å²) in [4.78, 5) is 9.63. The van der Waals surface area contributed by atoms with Crippen LogP contribution in [0.1, 0.15) is 19.4 Å². The van der Waals surface area contributed by atoms with E-state index in [1.54, 1.807) is 21.3 Å². The summed E-state index contributed by atoms with van der Waals surface area (Å²) in [6.45, 7) is 11.0. The van der Waals surface area contributed by atoms with Crippen molar-refractivity contribution < 1.29 is 14.2 Å². The van der Waals surface area contributed by atoms with Gasteiger partial charge in [0.05, 0.1) is 27.9 Å². The number of rotatable bonds is 9. The molecule has 1 aromatic rings. The van der Waals surface area contributed by atoms with Gasteiger partial charge in [-0.05, 0) is 38.6 Å². The van der Waals surface area contributed by atoms with E-state index in [0.29, 0.717) is 29.8 Å². The SMILES string of the molecule is CCNC(=NCc1cc(OC)c(OC)c(OC)c1)NCC(C)N1CCN(C)CC1.I. The van der Waals surface area contributed by atoms with Crippen LogP contribution in [-0.4, -0.2) is 89.4 Å². The number of hydrogen-bond donors (Lipinski definition) is 2. The highest BCUT2D eigenvalue weighted by Crippen LogP contribution is 2.38. The van der Waals surface area contributed by atoms with Crippen LogP contribution >= 0.6 is 24.0 Å². The Balaban J connectivity index is 0.00000450. The van der Waals surface area contributed by atoms with Crippen LogP contribution in [0.5, 0.6) is 17.2 Å². The predicted molar refractivity (Wildman–Crippen MR) is 133 cm³/mol. The fraction of sp³-hybridized carbons (Fsp3) is 0.667. The second-order valence-electron chi connectivity index (χ2n) is 7.30. The molecule has 0 radical (unpaired) electrons. The number of likely N-dealkylation sites (N-methyl/N-ethyl adjacent to an activating group) is 1. The van der Waals surface area contributed by atoms with E-state index >= 15 is 0 Å². The maximum atomic E-state index is 5.43. The molecule has 1 heterocycles. The van der Waals surface area contributed by atoms with Gasteiger partial charge in [-0.15, -0.1) is 24.0 Å². The molecular formula is C21H38IN5O3. The molecule has 1 atom stereocenters. The number of aliphatic imine (C=N–C) groups is 1. The number of nitrogens with one attached hydrogen (secondary N) is 2. The summed E-state index contributed by atoms with van der Waals surface area (Å²) < 4.78 is 16.3. The largest absolute Gasteiger partial charge is 0.493 e. The molecule has 30 heavy (non-hydrogen) atoms. The van der Waals surface area contributed by atoms with Gasteiger partial charge in [-0.1, -0.05) is 0 Å². The predicted octanol–water partition coefficient (Wildman–Crippen LogP) is 2.02. The molecule has 1 fully saturated rings. The van der Waals surface area contributed by atoms with Gasteiger partial charge in [0.25, 0.3) is 0 Å². The topological polar surface area (TPSA) is 70.6 Å². The fourth-order valence-corrected chi connectivity index (χ4v) is 3.37. The third-order valence-corrected chi connectivity index (χ3v) is 5.21. The van der Waals surface area contributed by atoms with Crippen molar-refractivity contribution in [2.75, 3.05) is 67.6 Å². The molecule has 1 aliphatic rings. The van der Waals surface area contributed by atoms with Crippen molar-refractivity contribution in [1.82, 2.24) is 20.4 Å². The van der Waals surface area contributed by atoms with E-state index in [1.165, 1.54) is 0 Å². The molecular weight excluding hydrogens is 497 g/mol. The summed E-state index contributed by atoms with van der Waals surface area (Å²) in [6, 6.07) is 4.32. The summed E-state index contributed by atoms with van der Waals surface area (Å²) in [5.74, 6) is 2.67. The number of guanidine groups is 1. The molecule has 1 aliphatic heterocycles. The molecule has 1 saturated heterocycles. The zero-order valence-corrected chi connectivity index (χ0v) is 21.5. The lowest BCUT2D eigenvalue weighted by atomic mass is 10.2. The van der Waals surface area contributed by atoms with Gasteiger partial charge >= 0.3 is 0 Å². The van der Waals surface area contributed by atoms with Crippen LogP contribution in [0.2, 0.25) is 0 Å². The van der Waals surface area contributed by atoms with Crippen molar-refractivity contribution in [3.8, 4) is 17.2 Å². The second kappa shape index (κ2) is 13.8. The molecule has 0 amide bonds. The zero-order valence-electron chi connectivity index (χ0n) is 19.2. The number of nitrogens with zero attached hydrogens (tertiary/aromatic N) is 3. The van der Waals surface area contributed by atoms with Crippen molar-refractivity contribution >= 4 is 29.9 Å². The highest BCUT2D eigenvalue weighted by atomic mass is 127. The summed E-state index contributed by atoms with van der Waals surface area (Å²) in [6.07, 6.45) is 0. The minimum atomic E-state index is 0. The number of piperazine rings is 1. The molecule has 0 spiro atoms. The van der Waals surface area contributed by atoms with Crippen molar-refractivity contribution in [2.45, 2.75) is 26.4 Å². The van der Waals surface area contributed by atoms with Crippen LogP contribution in [0.4, 0.5) is 0 Å². The Labute approximate surface area is 198 Å². The standard InChI is InChI=1S/C21H37N5O3.HI/c1-7-22-21(23-14-16(2)26-10-8-25(3)9-11-26)24-15-17-12-18(27-4)20(29-6)19(13-17)28-5;/h12-13,16H,7-11,14-15H2,1-6H3,(H2,22,23,24);1H. The van der Waals surface area contributed by atoms with E-state index in [4.69, 9.17) is 19.2 Å².